The Kier molecular flexibility index (Phi) is 3.52. The van der Waals surface area contributed by atoms with E-state index < -0.39 is 5.97 Å². The molecule has 2 aromatic rings. The third kappa shape index (κ3) is 2.57. The van der Waals surface area contributed by atoms with Crippen LogP contribution in [0.25, 0.3) is 0 Å². The lowest BCUT2D eigenvalue weighted by Crippen LogP contribution is -2.19. The largest absolute Gasteiger partial charge is 0.496 e. The Hall–Kier alpha value is -2.49. The van der Waals surface area contributed by atoms with Crippen LogP contribution >= 0.6 is 0 Å². The van der Waals surface area contributed by atoms with Crippen LogP contribution in [0.2, 0.25) is 0 Å². The number of carboxylic acid groups (broad SMARTS) is 1. The maximum absolute atomic E-state index is 11.1. The third-order valence-corrected chi connectivity index (χ3v) is 3.85. The fourth-order valence-corrected chi connectivity index (χ4v) is 2.80. The molecular formula is C17H17NO3. The minimum Gasteiger partial charge on any atom is -0.496 e. The predicted octanol–water partition coefficient (Wildman–Crippen LogP) is 2.96. The van der Waals surface area contributed by atoms with E-state index in [-0.39, 0.29) is 5.56 Å². The highest BCUT2D eigenvalue weighted by Crippen LogP contribution is 2.30. The molecule has 0 radical (unpaired) electrons. The normalized spacial score (nSPS) is 13.1. The van der Waals surface area contributed by atoms with Crippen LogP contribution in [-0.4, -0.2) is 24.7 Å². The maximum atomic E-state index is 11.1. The summed E-state index contributed by atoms with van der Waals surface area (Å²) >= 11 is 0. The lowest BCUT2D eigenvalue weighted by molar-refractivity contribution is 0.0693. The van der Waals surface area contributed by atoms with Crippen LogP contribution < -0.4 is 9.64 Å². The SMILES string of the molecule is COc1cc(CN2CCc3ccccc32)ccc1C(=O)O. The number of hydrogen-bond acceptors (Lipinski definition) is 3. The Balaban J connectivity index is 1.85. The van der Waals surface area contributed by atoms with Gasteiger partial charge in [0, 0.05) is 18.8 Å². The molecule has 0 aliphatic carbocycles. The minimum atomic E-state index is -0.968. The fourth-order valence-electron chi connectivity index (χ4n) is 2.80. The highest BCUT2D eigenvalue weighted by atomic mass is 16.5. The maximum Gasteiger partial charge on any atom is 0.339 e. The van der Waals surface area contributed by atoms with Gasteiger partial charge in [0.2, 0.25) is 0 Å². The first-order valence-electron chi connectivity index (χ1n) is 6.92. The van der Waals surface area contributed by atoms with Gasteiger partial charge in [0.15, 0.2) is 0 Å². The quantitative estimate of drug-likeness (QED) is 0.937. The van der Waals surface area contributed by atoms with Gasteiger partial charge in [0.1, 0.15) is 11.3 Å². The zero-order valence-electron chi connectivity index (χ0n) is 11.9. The molecule has 108 valence electrons. The molecule has 1 aliphatic heterocycles. The number of aromatic carboxylic acids is 1. The molecule has 1 N–H and O–H groups in total. The van der Waals surface area contributed by atoms with Crippen molar-refractivity contribution in [1.29, 1.82) is 0 Å². The molecule has 1 aliphatic rings. The van der Waals surface area contributed by atoms with E-state index in [2.05, 4.69) is 23.1 Å². The Morgan fingerprint density at radius 3 is 2.86 bits per heavy atom. The number of para-hydroxylation sites is 1. The van der Waals surface area contributed by atoms with Gasteiger partial charge >= 0.3 is 5.97 Å². The second kappa shape index (κ2) is 5.48. The third-order valence-electron chi connectivity index (χ3n) is 3.85. The molecule has 0 aromatic heterocycles. The van der Waals surface area contributed by atoms with E-state index in [1.807, 2.05) is 18.2 Å². The Bertz CT molecular complexity index is 681. The summed E-state index contributed by atoms with van der Waals surface area (Å²) < 4.78 is 5.18. The molecule has 1 heterocycles. The highest BCUT2D eigenvalue weighted by Gasteiger charge is 2.19. The number of benzene rings is 2. The second-order valence-electron chi connectivity index (χ2n) is 5.14. The molecular weight excluding hydrogens is 266 g/mol. The Labute approximate surface area is 123 Å². The summed E-state index contributed by atoms with van der Waals surface area (Å²) in [5.41, 5.74) is 3.88. The average molecular weight is 283 g/mol. The number of rotatable bonds is 4. The first-order chi connectivity index (χ1) is 10.2. The van der Waals surface area contributed by atoms with Crippen molar-refractivity contribution in [2.45, 2.75) is 13.0 Å². The fraction of sp³-hybridized carbons (Fsp3) is 0.235. The van der Waals surface area contributed by atoms with Gasteiger partial charge in [0.05, 0.1) is 7.11 Å². The number of ether oxygens (including phenoxy) is 1. The highest BCUT2D eigenvalue weighted by molar-refractivity contribution is 5.91. The van der Waals surface area contributed by atoms with Crippen LogP contribution in [-0.2, 0) is 13.0 Å². The monoisotopic (exact) mass is 283 g/mol. The number of carboxylic acids is 1. The van der Waals surface area contributed by atoms with E-state index >= 15 is 0 Å². The molecule has 3 rings (SSSR count). The molecule has 4 heteroatoms. The summed E-state index contributed by atoms with van der Waals surface area (Å²) in [7, 11) is 1.50. The number of hydrogen-bond donors (Lipinski definition) is 1. The molecule has 0 saturated carbocycles. The Morgan fingerprint density at radius 1 is 1.29 bits per heavy atom. The van der Waals surface area contributed by atoms with Crippen molar-refractivity contribution < 1.29 is 14.6 Å². The summed E-state index contributed by atoms with van der Waals surface area (Å²) in [4.78, 5) is 13.4. The smallest absolute Gasteiger partial charge is 0.339 e. The van der Waals surface area contributed by atoms with Crippen molar-refractivity contribution in [3.63, 3.8) is 0 Å². The number of methoxy groups -OCH3 is 1. The van der Waals surface area contributed by atoms with Gasteiger partial charge in [-0.2, -0.15) is 0 Å². The first kappa shape index (κ1) is 13.5. The molecule has 0 unspecified atom stereocenters. The molecule has 0 atom stereocenters. The lowest BCUT2D eigenvalue weighted by Gasteiger charge is -2.20. The van der Waals surface area contributed by atoms with Crippen LogP contribution in [0.5, 0.6) is 5.75 Å². The summed E-state index contributed by atoms with van der Waals surface area (Å²) in [5.74, 6) is -0.558. The van der Waals surface area contributed by atoms with Crippen LogP contribution in [0.1, 0.15) is 21.5 Å². The van der Waals surface area contributed by atoms with E-state index in [1.54, 1.807) is 6.07 Å². The zero-order chi connectivity index (χ0) is 14.8. The zero-order valence-corrected chi connectivity index (χ0v) is 11.9. The number of nitrogens with zero attached hydrogens (tertiary/aromatic N) is 1. The van der Waals surface area contributed by atoms with Crippen LogP contribution in [0, 0.1) is 0 Å². The molecule has 0 saturated heterocycles. The van der Waals surface area contributed by atoms with Crippen molar-refractivity contribution in [2.75, 3.05) is 18.6 Å². The number of anilines is 1. The Morgan fingerprint density at radius 2 is 2.10 bits per heavy atom. The molecule has 2 aromatic carbocycles. The summed E-state index contributed by atoms with van der Waals surface area (Å²) in [6, 6.07) is 13.7. The topological polar surface area (TPSA) is 49.8 Å². The van der Waals surface area contributed by atoms with Gasteiger partial charge in [0.25, 0.3) is 0 Å². The molecule has 0 amide bonds. The van der Waals surface area contributed by atoms with E-state index in [0.29, 0.717) is 5.75 Å². The number of fused-ring (bicyclic) bond motifs is 1. The number of carbonyl (C=O) groups is 1. The first-order valence-corrected chi connectivity index (χ1v) is 6.92. The molecule has 0 fully saturated rings. The van der Waals surface area contributed by atoms with Gasteiger partial charge in [-0.3, -0.25) is 0 Å². The molecule has 0 spiro atoms. The van der Waals surface area contributed by atoms with Crippen molar-refractivity contribution in [3.8, 4) is 5.75 Å². The van der Waals surface area contributed by atoms with E-state index in [9.17, 15) is 4.79 Å². The van der Waals surface area contributed by atoms with E-state index in [0.717, 1.165) is 25.1 Å². The molecule has 4 nitrogen and oxygen atoms in total. The predicted molar refractivity (Wildman–Crippen MR) is 81.1 cm³/mol. The van der Waals surface area contributed by atoms with Gasteiger partial charge in [-0.25, -0.2) is 4.79 Å². The van der Waals surface area contributed by atoms with E-state index in [4.69, 9.17) is 9.84 Å². The van der Waals surface area contributed by atoms with Gasteiger partial charge in [-0.15, -0.1) is 0 Å². The van der Waals surface area contributed by atoms with Gasteiger partial charge < -0.3 is 14.7 Å². The van der Waals surface area contributed by atoms with Crippen LogP contribution in [0.4, 0.5) is 5.69 Å². The standard InChI is InChI=1S/C17H17NO3/c1-21-16-10-12(6-7-14(16)17(19)20)11-18-9-8-13-4-2-3-5-15(13)18/h2-7,10H,8-9,11H2,1H3,(H,19,20). The van der Waals surface area contributed by atoms with Crippen molar-refractivity contribution >= 4 is 11.7 Å². The van der Waals surface area contributed by atoms with Crippen LogP contribution in [0.3, 0.4) is 0 Å². The van der Waals surface area contributed by atoms with Gasteiger partial charge in [-0.1, -0.05) is 24.3 Å². The van der Waals surface area contributed by atoms with E-state index in [1.165, 1.54) is 18.4 Å². The van der Waals surface area contributed by atoms with Crippen molar-refractivity contribution in [3.05, 3.63) is 59.2 Å². The lowest BCUT2D eigenvalue weighted by atomic mass is 10.1. The summed E-state index contributed by atoms with van der Waals surface area (Å²) in [6.45, 7) is 1.75. The van der Waals surface area contributed by atoms with Crippen molar-refractivity contribution in [1.82, 2.24) is 0 Å². The molecule has 21 heavy (non-hydrogen) atoms. The average Bonchev–Trinajstić information content (AvgIpc) is 2.90. The summed E-state index contributed by atoms with van der Waals surface area (Å²) in [6.07, 6.45) is 1.06. The van der Waals surface area contributed by atoms with Crippen LogP contribution in [0.15, 0.2) is 42.5 Å². The minimum absolute atomic E-state index is 0.197. The van der Waals surface area contributed by atoms with Crippen molar-refractivity contribution in [2.24, 2.45) is 0 Å². The molecule has 0 bridgehead atoms. The second-order valence-corrected chi connectivity index (χ2v) is 5.14. The van der Waals surface area contributed by atoms with Gasteiger partial charge in [-0.05, 0) is 35.7 Å². The summed E-state index contributed by atoms with van der Waals surface area (Å²) in [5, 5.41) is 9.11.